The lowest BCUT2D eigenvalue weighted by atomic mass is 10.1. The molecular weight excluding hydrogens is 481 g/mol. The summed E-state index contributed by atoms with van der Waals surface area (Å²) < 4.78 is 14.5. The van der Waals surface area contributed by atoms with Crippen molar-refractivity contribution in [3.63, 3.8) is 0 Å². The summed E-state index contributed by atoms with van der Waals surface area (Å²) in [4.78, 5) is 41.9. The van der Waals surface area contributed by atoms with Gasteiger partial charge in [-0.05, 0) is 61.5 Å². The number of carbonyl (C=O) groups excluding carboxylic acids is 3. The Morgan fingerprint density at radius 1 is 0.889 bits per heavy atom. The number of carbonyl (C=O) groups is 3. The predicted molar refractivity (Wildman–Crippen MR) is 140 cm³/mol. The Kier molecular flexibility index (Phi) is 7.80. The number of Topliss-reactive ketones (excluding diaryl/α,β-unsaturated/α-hetero) is 1. The number of hydrogen-bond acceptors (Lipinski definition) is 4. The summed E-state index contributed by atoms with van der Waals surface area (Å²) in [5.41, 5.74) is 1.88. The highest BCUT2D eigenvalue weighted by atomic mass is 35.5. The molecule has 0 unspecified atom stereocenters. The fraction of sp³-hybridized carbons (Fsp3) is 0.179. The largest absolute Gasteiger partial charge is 0.368 e. The number of anilines is 2. The van der Waals surface area contributed by atoms with Crippen LogP contribution in [0.25, 0.3) is 6.08 Å². The molecule has 1 saturated heterocycles. The second-order valence-corrected chi connectivity index (χ2v) is 8.80. The lowest BCUT2D eigenvalue weighted by molar-refractivity contribution is -0.129. The number of nitrogens with one attached hydrogen (secondary N) is 1. The van der Waals surface area contributed by atoms with Gasteiger partial charge in [0.05, 0.1) is 5.02 Å². The molecule has 0 atom stereocenters. The van der Waals surface area contributed by atoms with Crippen molar-refractivity contribution in [2.24, 2.45) is 0 Å². The van der Waals surface area contributed by atoms with Crippen molar-refractivity contribution in [1.82, 2.24) is 4.90 Å². The second-order valence-electron chi connectivity index (χ2n) is 8.40. The van der Waals surface area contributed by atoms with Crippen LogP contribution < -0.4 is 10.2 Å². The molecule has 3 aromatic rings. The van der Waals surface area contributed by atoms with E-state index in [1.165, 1.54) is 31.2 Å². The molecular formula is C28H25ClFN3O3. The Balaban J connectivity index is 1.54. The first-order chi connectivity index (χ1) is 17.3. The number of benzene rings is 3. The van der Waals surface area contributed by atoms with Crippen LogP contribution in [0.5, 0.6) is 0 Å². The topological polar surface area (TPSA) is 69.7 Å². The Labute approximate surface area is 214 Å². The van der Waals surface area contributed by atoms with Gasteiger partial charge in [-0.2, -0.15) is 0 Å². The van der Waals surface area contributed by atoms with Gasteiger partial charge in [0.2, 0.25) is 0 Å². The molecule has 0 bridgehead atoms. The molecule has 0 aliphatic carbocycles. The monoisotopic (exact) mass is 505 g/mol. The zero-order chi connectivity index (χ0) is 25.7. The molecule has 0 saturated carbocycles. The number of para-hydroxylation sites is 1. The van der Waals surface area contributed by atoms with Gasteiger partial charge in [0.15, 0.2) is 5.78 Å². The molecule has 4 rings (SSSR count). The molecule has 3 aromatic carbocycles. The van der Waals surface area contributed by atoms with Gasteiger partial charge in [-0.25, -0.2) is 4.39 Å². The standard InChI is InChI=1S/C28H25ClFN3O3/c1-19(34)20-10-12-22(13-11-20)32-14-16-33(17-15-32)28(36)24(18-23-25(29)8-5-9-26(23)30)27(35)31-21-6-3-2-4-7-21/h2-13,18H,14-17H2,1H3,(H,31,35)/b24-18+. The van der Waals surface area contributed by atoms with Crippen molar-refractivity contribution in [3.8, 4) is 0 Å². The summed E-state index contributed by atoms with van der Waals surface area (Å²) in [7, 11) is 0. The third-order valence-corrected chi connectivity index (χ3v) is 6.33. The van der Waals surface area contributed by atoms with Crippen molar-refractivity contribution in [3.05, 3.63) is 100 Å². The van der Waals surface area contributed by atoms with Gasteiger partial charge in [-0.1, -0.05) is 35.9 Å². The van der Waals surface area contributed by atoms with E-state index in [-0.39, 0.29) is 21.9 Å². The molecule has 184 valence electrons. The molecule has 8 heteroatoms. The highest BCUT2D eigenvalue weighted by Crippen LogP contribution is 2.24. The highest BCUT2D eigenvalue weighted by molar-refractivity contribution is 6.33. The van der Waals surface area contributed by atoms with Crippen molar-refractivity contribution in [2.45, 2.75) is 6.92 Å². The fourth-order valence-corrected chi connectivity index (χ4v) is 4.20. The van der Waals surface area contributed by atoms with Crippen LogP contribution >= 0.6 is 11.6 Å². The molecule has 2 amide bonds. The summed E-state index contributed by atoms with van der Waals surface area (Å²) in [6, 6.07) is 20.2. The molecule has 36 heavy (non-hydrogen) atoms. The van der Waals surface area contributed by atoms with Crippen LogP contribution in [-0.2, 0) is 9.59 Å². The summed E-state index contributed by atoms with van der Waals surface area (Å²) in [6.07, 6.45) is 1.21. The number of halogens is 2. The third-order valence-electron chi connectivity index (χ3n) is 6.00. The maximum Gasteiger partial charge on any atom is 0.261 e. The van der Waals surface area contributed by atoms with Gasteiger partial charge in [0.25, 0.3) is 11.8 Å². The average molecular weight is 506 g/mol. The van der Waals surface area contributed by atoms with Crippen molar-refractivity contribution >= 4 is 46.6 Å². The van der Waals surface area contributed by atoms with E-state index in [4.69, 9.17) is 11.6 Å². The number of rotatable bonds is 6. The van der Waals surface area contributed by atoms with Crippen LogP contribution in [0.4, 0.5) is 15.8 Å². The summed E-state index contributed by atoms with van der Waals surface area (Å²) >= 11 is 6.18. The van der Waals surface area contributed by atoms with E-state index in [2.05, 4.69) is 10.2 Å². The first kappa shape index (κ1) is 25.1. The number of amides is 2. The number of nitrogens with zero attached hydrogens (tertiary/aromatic N) is 2. The molecule has 1 N–H and O–H groups in total. The Hall–Kier alpha value is -3.97. The lowest BCUT2D eigenvalue weighted by Gasteiger charge is -2.36. The zero-order valence-corrected chi connectivity index (χ0v) is 20.5. The van der Waals surface area contributed by atoms with Crippen molar-refractivity contribution < 1.29 is 18.8 Å². The van der Waals surface area contributed by atoms with Crippen LogP contribution in [0.2, 0.25) is 5.02 Å². The fourth-order valence-electron chi connectivity index (χ4n) is 3.98. The first-order valence-corrected chi connectivity index (χ1v) is 11.9. The van der Waals surface area contributed by atoms with E-state index in [9.17, 15) is 18.8 Å². The van der Waals surface area contributed by atoms with Gasteiger partial charge in [-0.3, -0.25) is 14.4 Å². The Bertz CT molecular complexity index is 1280. The van der Waals surface area contributed by atoms with Crippen LogP contribution in [0.1, 0.15) is 22.8 Å². The number of hydrogen-bond donors (Lipinski definition) is 1. The van der Waals surface area contributed by atoms with Crippen LogP contribution in [0.15, 0.2) is 78.4 Å². The van der Waals surface area contributed by atoms with E-state index in [1.54, 1.807) is 41.3 Å². The molecule has 0 aromatic heterocycles. The van der Waals surface area contributed by atoms with Crippen LogP contribution in [0, 0.1) is 5.82 Å². The minimum absolute atomic E-state index is 0.0000168. The third kappa shape index (κ3) is 5.80. The highest BCUT2D eigenvalue weighted by Gasteiger charge is 2.28. The van der Waals surface area contributed by atoms with E-state index < -0.39 is 17.6 Å². The molecule has 1 aliphatic heterocycles. The minimum Gasteiger partial charge on any atom is -0.368 e. The van der Waals surface area contributed by atoms with Gasteiger partial charge in [0.1, 0.15) is 11.4 Å². The summed E-state index contributed by atoms with van der Waals surface area (Å²) in [5.74, 6) is -1.78. The van der Waals surface area contributed by atoms with E-state index in [0.29, 0.717) is 37.4 Å². The summed E-state index contributed by atoms with van der Waals surface area (Å²) in [5, 5.41) is 2.82. The Morgan fingerprint density at radius 2 is 1.56 bits per heavy atom. The van der Waals surface area contributed by atoms with Crippen LogP contribution in [-0.4, -0.2) is 48.7 Å². The SMILES string of the molecule is CC(=O)c1ccc(N2CCN(C(=O)/C(=C/c3c(F)cccc3Cl)C(=O)Nc3ccccc3)CC2)cc1. The summed E-state index contributed by atoms with van der Waals surface area (Å²) in [6.45, 7) is 3.34. The predicted octanol–water partition coefficient (Wildman–Crippen LogP) is 5.05. The Morgan fingerprint density at radius 3 is 2.17 bits per heavy atom. The van der Waals surface area contributed by atoms with Crippen LogP contribution in [0.3, 0.4) is 0 Å². The van der Waals surface area contributed by atoms with Gasteiger partial charge >= 0.3 is 0 Å². The maximum atomic E-state index is 14.5. The molecule has 6 nitrogen and oxygen atoms in total. The van der Waals surface area contributed by atoms with Gasteiger partial charge in [-0.15, -0.1) is 0 Å². The molecule has 1 aliphatic rings. The first-order valence-electron chi connectivity index (χ1n) is 11.5. The minimum atomic E-state index is -0.646. The quantitative estimate of drug-likeness (QED) is 0.220. The van der Waals surface area contributed by atoms with E-state index in [1.807, 2.05) is 18.2 Å². The zero-order valence-electron chi connectivity index (χ0n) is 19.7. The smallest absolute Gasteiger partial charge is 0.261 e. The van der Waals surface area contributed by atoms with Crippen molar-refractivity contribution in [1.29, 1.82) is 0 Å². The maximum absolute atomic E-state index is 14.5. The van der Waals surface area contributed by atoms with Gasteiger partial charge < -0.3 is 15.1 Å². The normalized spacial score (nSPS) is 13.9. The molecule has 1 fully saturated rings. The lowest BCUT2D eigenvalue weighted by Crippen LogP contribution is -2.50. The second kappa shape index (κ2) is 11.2. The number of ketones is 1. The van der Waals surface area contributed by atoms with Gasteiger partial charge in [0, 0.05) is 48.7 Å². The van der Waals surface area contributed by atoms with E-state index in [0.717, 1.165) is 5.69 Å². The molecule has 1 heterocycles. The molecule has 0 spiro atoms. The average Bonchev–Trinajstić information content (AvgIpc) is 2.89. The number of piperazine rings is 1. The van der Waals surface area contributed by atoms with Crippen molar-refractivity contribution in [2.75, 3.05) is 36.4 Å². The molecule has 0 radical (unpaired) electrons. The van der Waals surface area contributed by atoms with E-state index >= 15 is 0 Å².